The molecular formula is C24H20N6S5. The quantitative estimate of drug-likeness (QED) is 0.0833. The summed E-state index contributed by atoms with van der Waals surface area (Å²) in [6, 6.07) is 15.8. The van der Waals surface area contributed by atoms with Gasteiger partial charge in [-0.15, -0.1) is 25.3 Å². The third-order valence-corrected chi connectivity index (χ3v) is 10.00. The Morgan fingerprint density at radius 2 is 1.03 bits per heavy atom. The molecule has 0 spiro atoms. The molecule has 6 nitrogen and oxygen atoms in total. The summed E-state index contributed by atoms with van der Waals surface area (Å²) in [7, 11) is 0. The third-order valence-electron chi connectivity index (χ3n) is 5.72. The van der Waals surface area contributed by atoms with Gasteiger partial charge >= 0.3 is 0 Å². The third kappa shape index (κ3) is 3.91. The first kappa shape index (κ1) is 22.9. The van der Waals surface area contributed by atoms with Crippen molar-refractivity contribution in [1.29, 1.82) is 0 Å². The Labute approximate surface area is 226 Å². The second-order valence-electron chi connectivity index (χ2n) is 8.09. The maximum Gasteiger partial charge on any atom is 0.0683 e. The summed E-state index contributed by atoms with van der Waals surface area (Å²) in [4.78, 5) is 7.39. The molecule has 0 bridgehead atoms. The van der Waals surface area contributed by atoms with E-state index in [4.69, 9.17) is 48.2 Å². The molecule has 176 valence electrons. The Hall–Kier alpha value is -2.57. The lowest BCUT2D eigenvalue weighted by Crippen LogP contribution is -2.05. The monoisotopic (exact) mass is 552 g/mol. The summed E-state index contributed by atoms with van der Waals surface area (Å²) in [6.07, 6.45) is 0. The number of benzene rings is 4. The minimum absolute atomic E-state index is 0.585. The minimum atomic E-state index is 0.585. The molecule has 11 heteroatoms. The molecule has 6 rings (SSSR count). The molecule has 0 aliphatic carbocycles. The van der Waals surface area contributed by atoms with Gasteiger partial charge in [0.2, 0.25) is 0 Å². The highest BCUT2D eigenvalue weighted by atomic mass is 32.2. The van der Waals surface area contributed by atoms with Crippen molar-refractivity contribution in [2.24, 2.45) is 0 Å². The number of thiol groups is 2. The van der Waals surface area contributed by atoms with Crippen molar-refractivity contribution >= 4 is 106 Å². The lowest BCUT2D eigenvalue weighted by molar-refractivity contribution is 1.19. The molecule has 2 heterocycles. The maximum atomic E-state index is 6.55. The summed E-state index contributed by atoms with van der Waals surface area (Å²) in [5, 5.41) is 6.86. The van der Waals surface area contributed by atoms with Crippen molar-refractivity contribution in [3.8, 4) is 0 Å². The zero-order chi connectivity index (χ0) is 24.4. The molecule has 35 heavy (non-hydrogen) atoms. The van der Waals surface area contributed by atoms with Gasteiger partial charge < -0.3 is 33.6 Å². The van der Waals surface area contributed by atoms with E-state index in [2.05, 4.69) is 22.8 Å². The number of nitrogens with one attached hydrogen (secondary N) is 2. The maximum absolute atomic E-state index is 6.55. The van der Waals surface area contributed by atoms with Crippen molar-refractivity contribution in [2.75, 3.05) is 33.6 Å². The molecule has 2 aliphatic heterocycles. The molecule has 10 N–H and O–H groups in total. The lowest BCUT2D eigenvalue weighted by Gasteiger charge is -2.26. The molecule has 4 aromatic carbocycles. The topological polar surface area (TPSA) is 128 Å². The van der Waals surface area contributed by atoms with Crippen LogP contribution in [0.25, 0.3) is 0 Å². The van der Waals surface area contributed by atoms with E-state index in [1.165, 1.54) is 11.8 Å². The fourth-order valence-corrected chi connectivity index (χ4v) is 8.05. The minimum Gasteiger partial charge on any atom is -0.399 e. The van der Waals surface area contributed by atoms with E-state index in [9.17, 15) is 0 Å². The standard InChI is InChI=1S/C24H20N6S5/c25-9-1-3-13-11(5-9)29-21-17(33-13)7-15(19(27)23(21)31)35-16-8-18-22(24(32)20(16)28)30-12-6-10(26)2-4-14(12)34-18/h1-8,29-32H,25-28H2. The van der Waals surface area contributed by atoms with Crippen LogP contribution in [-0.2, 0) is 0 Å². The van der Waals surface area contributed by atoms with E-state index in [0.29, 0.717) is 32.5 Å². The molecule has 0 fully saturated rings. The Balaban J connectivity index is 1.37. The van der Waals surface area contributed by atoms with Crippen LogP contribution < -0.4 is 33.6 Å². The highest BCUT2D eigenvalue weighted by molar-refractivity contribution is 8.01. The smallest absolute Gasteiger partial charge is 0.0683 e. The van der Waals surface area contributed by atoms with Gasteiger partial charge in [-0.2, -0.15) is 0 Å². The van der Waals surface area contributed by atoms with E-state index >= 15 is 0 Å². The number of anilines is 8. The van der Waals surface area contributed by atoms with Crippen LogP contribution in [0.4, 0.5) is 45.5 Å². The van der Waals surface area contributed by atoms with Crippen molar-refractivity contribution in [1.82, 2.24) is 0 Å². The van der Waals surface area contributed by atoms with Crippen LogP contribution in [0.2, 0.25) is 0 Å². The summed E-state index contributed by atoms with van der Waals surface area (Å²) >= 11 is 14.3. The number of hydrogen-bond donors (Lipinski definition) is 8. The molecule has 0 radical (unpaired) electrons. The van der Waals surface area contributed by atoms with E-state index in [1.54, 1.807) is 23.5 Å². The predicted molar refractivity (Wildman–Crippen MR) is 157 cm³/mol. The van der Waals surface area contributed by atoms with Crippen LogP contribution in [0.1, 0.15) is 0 Å². The fraction of sp³-hybridized carbons (Fsp3) is 0. The summed E-state index contributed by atoms with van der Waals surface area (Å²) in [5.74, 6) is 0. The first-order chi connectivity index (χ1) is 16.8. The van der Waals surface area contributed by atoms with Gasteiger partial charge in [0.25, 0.3) is 0 Å². The molecule has 0 amide bonds. The summed E-state index contributed by atoms with van der Waals surface area (Å²) in [6.45, 7) is 0. The summed E-state index contributed by atoms with van der Waals surface area (Å²) in [5.41, 5.74) is 31.2. The van der Waals surface area contributed by atoms with E-state index in [-0.39, 0.29) is 0 Å². The SMILES string of the molecule is Nc1ccc2c(c1)Nc1c(cc(Sc3cc4c(c(S)c3N)Nc3cc(N)ccc3S4)c(N)c1S)S2. The molecule has 0 atom stereocenters. The van der Waals surface area contributed by atoms with Gasteiger partial charge in [0.1, 0.15) is 0 Å². The van der Waals surface area contributed by atoms with Crippen LogP contribution in [0, 0.1) is 0 Å². The van der Waals surface area contributed by atoms with Crippen LogP contribution in [-0.4, -0.2) is 0 Å². The van der Waals surface area contributed by atoms with Gasteiger partial charge in [0.05, 0.1) is 43.9 Å². The average Bonchev–Trinajstić information content (AvgIpc) is 2.84. The van der Waals surface area contributed by atoms with Gasteiger partial charge in [0.15, 0.2) is 0 Å². The molecular weight excluding hydrogens is 533 g/mol. The Morgan fingerprint density at radius 1 is 0.600 bits per heavy atom. The van der Waals surface area contributed by atoms with Crippen LogP contribution in [0.5, 0.6) is 0 Å². The molecule has 4 aromatic rings. The van der Waals surface area contributed by atoms with Gasteiger partial charge in [-0.3, -0.25) is 0 Å². The average molecular weight is 553 g/mol. The lowest BCUT2D eigenvalue weighted by atomic mass is 10.2. The first-order valence-electron chi connectivity index (χ1n) is 10.5. The zero-order valence-electron chi connectivity index (χ0n) is 18.0. The number of fused-ring (bicyclic) bond motifs is 4. The van der Waals surface area contributed by atoms with Crippen LogP contribution in [0.15, 0.2) is 87.7 Å². The molecule has 0 saturated heterocycles. The zero-order valence-corrected chi connectivity index (χ0v) is 22.3. The molecule has 0 saturated carbocycles. The van der Waals surface area contributed by atoms with Gasteiger partial charge in [-0.25, -0.2) is 0 Å². The van der Waals surface area contributed by atoms with Crippen LogP contribution in [0.3, 0.4) is 0 Å². The van der Waals surface area contributed by atoms with Crippen molar-refractivity contribution in [2.45, 2.75) is 39.2 Å². The summed E-state index contributed by atoms with van der Waals surface area (Å²) < 4.78 is 0. The Bertz CT molecular complexity index is 1440. The molecule has 0 aromatic heterocycles. The normalized spacial score (nSPS) is 13.1. The fourth-order valence-electron chi connectivity index (χ4n) is 3.94. The highest BCUT2D eigenvalue weighted by Gasteiger charge is 2.25. The number of rotatable bonds is 2. The number of hydrogen-bond acceptors (Lipinski definition) is 11. The van der Waals surface area contributed by atoms with E-state index < -0.39 is 0 Å². The molecule has 0 unspecified atom stereocenters. The number of nitrogens with two attached hydrogens (primary N) is 4. The second-order valence-corrected chi connectivity index (χ2v) is 12.2. The first-order valence-corrected chi connectivity index (χ1v) is 13.8. The van der Waals surface area contributed by atoms with E-state index in [0.717, 1.165) is 52.1 Å². The largest absolute Gasteiger partial charge is 0.399 e. The highest BCUT2D eigenvalue weighted by Crippen LogP contribution is 2.54. The van der Waals surface area contributed by atoms with Gasteiger partial charge in [-0.05, 0) is 48.5 Å². The van der Waals surface area contributed by atoms with Crippen LogP contribution >= 0.6 is 60.5 Å². The van der Waals surface area contributed by atoms with Crippen molar-refractivity contribution in [3.63, 3.8) is 0 Å². The Morgan fingerprint density at radius 3 is 1.46 bits per heavy atom. The van der Waals surface area contributed by atoms with E-state index in [1.807, 2.05) is 36.4 Å². The number of nitrogen functional groups attached to an aromatic ring is 4. The second kappa shape index (κ2) is 8.52. The van der Waals surface area contributed by atoms with Gasteiger partial charge in [0, 0.05) is 40.7 Å². The van der Waals surface area contributed by atoms with Crippen molar-refractivity contribution < 1.29 is 0 Å². The van der Waals surface area contributed by atoms with Gasteiger partial charge in [-0.1, -0.05) is 35.3 Å². The Kier molecular flexibility index (Phi) is 5.57. The van der Waals surface area contributed by atoms with Crippen molar-refractivity contribution in [3.05, 3.63) is 48.5 Å². The predicted octanol–water partition coefficient (Wildman–Crippen LogP) is 7.16. The molecule has 2 aliphatic rings.